The first-order valence-corrected chi connectivity index (χ1v) is 7.28. The van der Waals surface area contributed by atoms with Gasteiger partial charge >= 0.3 is 0 Å². The van der Waals surface area contributed by atoms with Crippen LogP contribution in [0, 0.1) is 17.1 Å². The number of amides is 1. The van der Waals surface area contributed by atoms with Crippen molar-refractivity contribution >= 4 is 5.91 Å². The molecule has 0 aliphatic heterocycles. The quantitative estimate of drug-likeness (QED) is 0.751. The highest BCUT2D eigenvalue weighted by molar-refractivity contribution is 5.95. The number of rotatable bonds is 7. The van der Waals surface area contributed by atoms with Crippen molar-refractivity contribution in [3.63, 3.8) is 0 Å². The molecule has 24 heavy (non-hydrogen) atoms. The number of benzene rings is 1. The lowest BCUT2D eigenvalue weighted by atomic mass is 10.0. The SMILES string of the molecule is N#Cc1cccnc1-c1cc(F)cc(C(=O)NCCOCCO)c1. The molecule has 0 saturated heterocycles. The van der Waals surface area contributed by atoms with Gasteiger partial charge in [-0.2, -0.15) is 5.26 Å². The van der Waals surface area contributed by atoms with Crippen LogP contribution in [0.5, 0.6) is 0 Å². The number of pyridine rings is 1. The first-order valence-electron chi connectivity index (χ1n) is 7.28. The van der Waals surface area contributed by atoms with E-state index in [0.29, 0.717) is 16.8 Å². The minimum absolute atomic E-state index is 0.0908. The monoisotopic (exact) mass is 329 g/mol. The summed E-state index contributed by atoms with van der Waals surface area (Å²) in [6, 6.07) is 9.00. The lowest BCUT2D eigenvalue weighted by Gasteiger charge is -2.08. The van der Waals surface area contributed by atoms with Gasteiger partial charge in [-0.15, -0.1) is 0 Å². The smallest absolute Gasteiger partial charge is 0.251 e. The molecule has 1 aromatic heterocycles. The van der Waals surface area contributed by atoms with Gasteiger partial charge in [0.05, 0.1) is 31.1 Å². The van der Waals surface area contributed by atoms with Crippen LogP contribution in [-0.2, 0) is 4.74 Å². The van der Waals surface area contributed by atoms with E-state index < -0.39 is 11.7 Å². The summed E-state index contributed by atoms with van der Waals surface area (Å²) in [5.74, 6) is -1.05. The number of ether oxygens (including phenoxy) is 1. The van der Waals surface area contributed by atoms with Gasteiger partial charge in [0.1, 0.15) is 11.9 Å². The summed E-state index contributed by atoms with van der Waals surface area (Å²) in [6.07, 6.45) is 1.50. The Labute approximate surface area is 138 Å². The average Bonchev–Trinajstić information content (AvgIpc) is 2.60. The van der Waals surface area contributed by atoms with Crippen molar-refractivity contribution < 1.29 is 19.0 Å². The largest absolute Gasteiger partial charge is 0.394 e. The topological polar surface area (TPSA) is 95.2 Å². The standard InChI is InChI=1S/C17H16FN3O3/c18-15-9-13(16-12(11-19)2-1-3-20-16)8-14(10-15)17(23)21-4-6-24-7-5-22/h1-3,8-10,22H,4-7H2,(H,21,23). The molecule has 6 nitrogen and oxygen atoms in total. The molecule has 7 heteroatoms. The van der Waals surface area contributed by atoms with Gasteiger partial charge in [-0.25, -0.2) is 4.39 Å². The molecule has 0 bridgehead atoms. The van der Waals surface area contributed by atoms with Crippen LogP contribution >= 0.6 is 0 Å². The maximum absolute atomic E-state index is 13.9. The zero-order valence-electron chi connectivity index (χ0n) is 12.8. The van der Waals surface area contributed by atoms with Gasteiger partial charge in [-0.05, 0) is 30.3 Å². The Kier molecular flexibility index (Phi) is 6.37. The van der Waals surface area contributed by atoms with Gasteiger partial charge in [0.2, 0.25) is 0 Å². The summed E-state index contributed by atoms with van der Waals surface area (Å²) < 4.78 is 18.9. The molecule has 0 saturated carbocycles. The number of hydrogen-bond donors (Lipinski definition) is 2. The van der Waals surface area contributed by atoms with E-state index in [-0.39, 0.29) is 31.9 Å². The van der Waals surface area contributed by atoms with Gasteiger partial charge < -0.3 is 15.2 Å². The molecule has 0 aliphatic rings. The highest BCUT2D eigenvalue weighted by atomic mass is 19.1. The molecule has 2 N–H and O–H groups in total. The molecule has 2 rings (SSSR count). The van der Waals surface area contributed by atoms with E-state index in [9.17, 15) is 9.18 Å². The Bertz CT molecular complexity index is 759. The van der Waals surface area contributed by atoms with Crippen molar-refractivity contribution in [1.82, 2.24) is 10.3 Å². The number of aliphatic hydroxyl groups is 1. The molecule has 0 fully saturated rings. The predicted octanol–water partition coefficient (Wildman–Crippen LogP) is 1.50. The Hall–Kier alpha value is -2.82. The van der Waals surface area contributed by atoms with Crippen molar-refractivity contribution in [3.8, 4) is 17.3 Å². The fourth-order valence-corrected chi connectivity index (χ4v) is 2.09. The average molecular weight is 329 g/mol. The second kappa shape index (κ2) is 8.72. The number of nitrogens with zero attached hydrogens (tertiary/aromatic N) is 2. The van der Waals surface area contributed by atoms with E-state index >= 15 is 0 Å². The lowest BCUT2D eigenvalue weighted by Crippen LogP contribution is -2.27. The van der Waals surface area contributed by atoms with Gasteiger partial charge in [-0.1, -0.05) is 0 Å². The summed E-state index contributed by atoms with van der Waals surface area (Å²) in [5.41, 5.74) is 1.10. The summed E-state index contributed by atoms with van der Waals surface area (Å²) in [5, 5.41) is 20.3. The second-order valence-electron chi connectivity index (χ2n) is 4.83. The van der Waals surface area contributed by atoms with Gasteiger partial charge in [0, 0.05) is 23.9 Å². The minimum Gasteiger partial charge on any atom is -0.394 e. The third kappa shape index (κ3) is 4.59. The summed E-state index contributed by atoms with van der Waals surface area (Å²) in [7, 11) is 0. The number of nitrogens with one attached hydrogen (secondary N) is 1. The number of nitriles is 1. The summed E-state index contributed by atoms with van der Waals surface area (Å²) in [6.45, 7) is 0.577. The van der Waals surface area contributed by atoms with E-state index in [1.54, 1.807) is 12.1 Å². The van der Waals surface area contributed by atoms with Crippen LogP contribution in [0.25, 0.3) is 11.3 Å². The molecule has 1 aromatic carbocycles. The molecule has 124 valence electrons. The van der Waals surface area contributed by atoms with Crippen molar-refractivity contribution in [2.75, 3.05) is 26.4 Å². The zero-order valence-corrected chi connectivity index (χ0v) is 12.8. The van der Waals surface area contributed by atoms with Crippen LogP contribution < -0.4 is 5.32 Å². The lowest BCUT2D eigenvalue weighted by molar-refractivity contribution is 0.0838. The van der Waals surface area contributed by atoms with Gasteiger partial charge in [-0.3, -0.25) is 9.78 Å². The third-order valence-electron chi connectivity index (χ3n) is 3.13. The van der Waals surface area contributed by atoms with Crippen molar-refractivity contribution in [3.05, 3.63) is 53.5 Å². The Morgan fingerprint density at radius 2 is 2.21 bits per heavy atom. The van der Waals surface area contributed by atoms with Crippen molar-refractivity contribution in [2.24, 2.45) is 0 Å². The number of aromatic nitrogens is 1. The number of aliphatic hydroxyl groups excluding tert-OH is 1. The number of carbonyl (C=O) groups excluding carboxylic acids is 1. The molecular formula is C17H16FN3O3. The molecule has 0 aliphatic carbocycles. The fraction of sp³-hybridized carbons (Fsp3) is 0.235. The highest BCUT2D eigenvalue weighted by Gasteiger charge is 2.12. The molecule has 0 atom stereocenters. The van der Waals surface area contributed by atoms with E-state index in [2.05, 4.69) is 10.3 Å². The molecule has 0 radical (unpaired) electrons. The predicted molar refractivity (Wildman–Crippen MR) is 84.6 cm³/mol. The Balaban J connectivity index is 2.17. The maximum Gasteiger partial charge on any atom is 0.251 e. The van der Waals surface area contributed by atoms with Gasteiger partial charge in [0.15, 0.2) is 0 Å². The third-order valence-corrected chi connectivity index (χ3v) is 3.13. The zero-order chi connectivity index (χ0) is 17.4. The normalized spacial score (nSPS) is 10.2. The molecule has 0 unspecified atom stereocenters. The number of carbonyl (C=O) groups is 1. The van der Waals surface area contributed by atoms with Crippen LogP contribution in [0.15, 0.2) is 36.5 Å². The second-order valence-corrected chi connectivity index (χ2v) is 4.83. The first-order chi connectivity index (χ1) is 11.7. The number of halogens is 1. The van der Waals surface area contributed by atoms with Crippen LogP contribution in [-0.4, -0.2) is 42.4 Å². The minimum atomic E-state index is -0.594. The van der Waals surface area contributed by atoms with E-state index in [1.807, 2.05) is 6.07 Å². The fourth-order valence-electron chi connectivity index (χ4n) is 2.09. The Morgan fingerprint density at radius 3 is 2.96 bits per heavy atom. The van der Waals surface area contributed by atoms with Crippen molar-refractivity contribution in [2.45, 2.75) is 0 Å². The summed E-state index contributed by atoms with van der Waals surface area (Å²) >= 11 is 0. The van der Waals surface area contributed by atoms with Crippen molar-refractivity contribution in [1.29, 1.82) is 5.26 Å². The summed E-state index contributed by atoms with van der Waals surface area (Å²) in [4.78, 5) is 16.2. The van der Waals surface area contributed by atoms with Crippen LogP contribution in [0.4, 0.5) is 4.39 Å². The van der Waals surface area contributed by atoms with E-state index in [1.165, 1.54) is 18.3 Å². The molecule has 2 aromatic rings. The van der Waals surface area contributed by atoms with Crippen LogP contribution in [0.2, 0.25) is 0 Å². The maximum atomic E-state index is 13.9. The van der Waals surface area contributed by atoms with E-state index in [0.717, 1.165) is 6.07 Å². The van der Waals surface area contributed by atoms with Gasteiger partial charge in [0.25, 0.3) is 5.91 Å². The molecule has 0 spiro atoms. The highest BCUT2D eigenvalue weighted by Crippen LogP contribution is 2.23. The Morgan fingerprint density at radius 1 is 1.38 bits per heavy atom. The van der Waals surface area contributed by atoms with E-state index in [4.69, 9.17) is 15.1 Å². The first kappa shape index (κ1) is 17.5. The molecule has 1 amide bonds. The van der Waals surface area contributed by atoms with Crippen LogP contribution in [0.3, 0.4) is 0 Å². The molecule has 1 heterocycles. The van der Waals surface area contributed by atoms with Crippen LogP contribution in [0.1, 0.15) is 15.9 Å². The number of hydrogen-bond acceptors (Lipinski definition) is 5. The molecular weight excluding hydrogens is 313 g/mol.